The van der Waals surface area contributed by atoms with Crippen molar-refractivity contribution in [2.75, 3.05) is 0 Å². The van der Waals surface area contributed by atoms with E-state index in [1.165, 1.54) is 43.1 Å². The van der Waals surface area contributed by atoms with E-state index in [1.54, 1.807) is 0 Å². The van der Waals surface area contributed by atoms with Crippen molar-refractivity contribution in [3.8, 4) is 22.3 Å². The number of hydrogen-bond donors (Lipinski definition) is 2. The summed E-state index contributed by atoms with van der Waals surface area (Å²) in [5.41, 5.74) is 5.19. The van der Waals surface area contributed by atoms with Crippen LogP contribution in [0, 0.1) is 31.7 Å². The monoisotopic (exact) mass is 390 g/mol. The fraction of sp³-hybridized carbons (Fsp3) is 0. The van der Waals surface area contributed by atoms with Crippen molar-refractivity contribution < 1.29 is 9.59 Å². The molecule has 0 saturated heterocycles. The molecule has 4 heteroatoms. The molecule has 4 aromatic rings. The summed E-state index contributed by atoms with van der Waals surface area (Å²) in [4.78, 5) is 16.7. The Labute approximate surface area is 173 Å². The predicted octanol–water partition coefficient (Wildman–Crippen LogP) is 5.71. The molecule has 4 nitrogen and oxygen atoms in total. The van der Waals surface area contributed by atoms with Gasteiger partial charge in [-0.1, -0.05) is 97.1 Å². The highest BCUT2D eigenvalue weighted by molar-refractivity contribution is 5.84. The molecular formula is C26H18N2O2. The number of fused-ring (bicyclic) bond motifs is 2. The van der Waals surface area contributed by atoms with Gasteiger partial charge in [-0.15, -0.1) is 0 Å². The maximum absolute atomic E-state index is 8.35. The van der Waals surface area contributed by atoms with Gasteiger partial charge < -0.3 is 0 Å². The second-order valence-electron chi connectivity index (χ2n) is 6.39. The molecule has 0 aliphatic heterocycles. The summed E-state index contributed by atoms with van der Waals surface area (Å²) in [5.74, 6) is 0. The maximum Gasteiger partial charge on any atom is 0.231 e. The van der Waals surface area contributed by atoms with Crippen molar-refractivity contribution in [3.63, 3.8) is 0 Å². The predicted molar refractivity (Wildman–Crippen MR) is 116 cm³/mol. The molecule has 0 spiro atoms. The van der Waals surface area contributed by atoms with Crippen molar-refractivity contribution in [1.29, 1.82) is 10.8 Å². The molecule has 1 aliphatic carbocycles. The fourth-order valence-electron chi connectivity index (χ4n) is 3.74. The van der Waals surface area contributed by atoms with Crippen LogP contribution in [0.5, 0.6) is 0 Å². The minimum absolute atomic E-state index is 0.750. The van der Waals surface area contributed by atoms with E-state index >= 15 is 0 Å². The van der Waals surface area contributed by atoms with Gasteiger partial charge in [-0.2, -0.15) is 0 Å². The molecule has 0 atom stereocenters. The van der Waals surface area contributed by atoms with Crippen molar-refractivity contribution in [2.24, 2.45) is 0 Å². The Morgan fingerprint density at radius 2 is 0.967 bits per heavy atom. The zero-order valence-corrected chi connectivity index (χ0v) is 16.1. The van der Waals surface area contributed by atoms with Crippen LogP contribution in [0.4, 0.5) is 0 Å². The third-order valence-electron chi connectivity index (χ3n) is 4.84. The van der Waals surface area contributed by atoms with E-state index in [4.69, 9.17) is 20.4 Å². The highest BCUT2D eigenvalue weighted by Gasteiger charge is 2.14. The third kappa shape index (κ3) is 3.91. The van der Waals surface area contributed by atoms with Crippen LogP contribution in [0.1, 0.15) is 0 Å². The number of benzene rings is 4. The first-order valence-electron chi connectivity index (χ1n) is 9.22. The normalized spacial score (nSPS) is 9.60. The molecule has 2 N–H and O–H groups in total. The second-order valence-corrected chi connectivity index (χ2v) is 6.39. The molecule has 0 fully saturated rings. The van der Waals surface area contributed by atoms with Crippen LogP contribution in [0.15, 0.2) is 97.1 Å². The van der Waals surface area contributed by atoms with Gasteiger partial charge >= 0.3 is 0 Å². The van der Waals surface area contributed by atoms with E-state index in [2.05, 4.69) is 97.1 Å². The number of nitrogens with one attached hydrogen (secondary N) is 2. The molecule has 0 aromatic heterocycles. The Bertz CT molecular complexity index is 1410. The topological polar surface area (TPSA) is 81.8 Å². The van der Waals surface area contributed by atoms with Crippen LogP contribution < -0.4 is 0 Å². The van der Waals surface area contributed by atoms with Crippen LogP contribution in [0.25, 0.3) is 22.3 Å². The van der Waals surface area contributed by atoms with Gasteiger partial charge in [0.05, 0.1) is 0 Å². The highest BCUT2D eigenvalue weighted by Crippen LogP contribution is 2.35. The smallest absolute Gasteiger partial charge is 0.222 e. The van der Waals surface area contributed by atoms with Crippen LogP contribution in [0.2, 0.25) is 0 Å². The number of isocyanates is 2. The molecular weight excluding hydrogens is 372 g/mol. The summed E-state index contributed by atoms with van der Waals surface area (Å²) in [5, 5.41) is 16.3. The molecule has 144 valence electrons. The van der Waals surface area contributed by atoms with E-state index < -0.39 is 0 Å². The zero-order chi connectivity index (χ0) is 21.3. The zero-order valence-electron chi connectivity index (χ0n) is 16.1. The summed E-state index contributed by atoms with van der Waals surface area (Å²) >= 11 is 0. The summed E-state index contributed by atoms with van der Waals surface area (Å²) in [6, 6.07) is 34.7. The summed E-state index contributed by atoms with van der Waals surface area (Å²) in [6.45, 7) is 0. The minimum atomic E-state index is 0.750. The molecule has 5 rings (SSSR count). The molecule has 30 heavy (non-hydrogen) atoms. The minimum Gasteiger partial charge on any atom is -0.222 e. The van der Waals surface area contributed by atoms with Crippen molar-refractivity contribution in [1.82, 2.24) is 0 Å². The number of carbonyl (C=O) groups excluding carboxylic acids is 2. The average Bonchev–Trinajstić information content (AvgIpc) is 2.79. The lowest BCUT2D eigenvalue weighted by Crippen LogP contribution is -1.97. The van der Waals surface area contributed by atoms with Gasteiger partial charge in [0.15, 0.2) is 0 Å². The Morgan fingerprint density at radius 3 is 1.53 bits per heavy atom. The Morgan fingerprint density at radius 1 is 0.500 bits per heavy atom. The number of hydrogen-bond acceptors (Lipinski definition) is 4. The average molecular weight is 390 g/mol. The number of rotatable bonds is 2. The SMILES string of the molecule is N=C=O.N=C=O.c1ccc(-c2ccc3c(c2-c2ccccc2)=c2ccccc2=3)cc1. The van der Waals surface area contributed by atoms with Gasteiger partial charge in [0.2, 0.25) is 12.2 Å². The first-order chi connectivity index (χ1) is 14.8. The Balaban J connectivity index is 0.000000385. The molecule has 0 amide bonds. The van der Waals surface area contributed by atoms with Crippen molar-refractivity contribution in [2.45, 2.75) is 0 Å². The standard InChI is InChI=1S/C24H16.2CHNO/c1-3-9-17(10-4-1)19-15-16-22-20-13-7-8-14-21(20)24(22)23(19)18-11-5-2-6-12-18;2*2-1-3/h1-16H;2*2H. The summed E-state index contributed by atoms with van der Waals surface area (Å²) in [7, 11) is 0. The van der Waals surface area contributed by atoms with Gasteiger partial charge in [-0.3, -0.25) is 0 Å². The molecule has 0 unspecified atom stereocenters. The van der Waals surface area contributed by atoms with Gasteiger partial charge in [0, 0.05) is 0 Å². The molecule has 0 bridgehead atoms. The molecule has 4 aromatic carbocycles. The Kier molecular flexibility index (Phi) is 6.60. The molecule has 1 aliphatic rings. The van der Waals surface area contributed by atoms with E-state index in [0.29, 0.717) is 0 Å². The van der Waals surface area contributed by atoms with Gasteiger partial charge in [0.25, 0.3) is 0 Å². The lowest BCUT2D eigenvalue weighted by atomic mass is 9.87. The van der Waals surface area contributed by atoms with Gasteiger partial charge in [-0.05, 0) is 43.1 Å². The van der Waals surface area contributed by atoms with E-state index in [-0.39, 0.29) is 0 Å². The Hall–Kier alpha value is -4.36. The highest BCUT2D eigenvalue weighted by atomic mass is 16.1. The summed E-state index contributed by atoms with van der Waals surface area (Å²) in [6.07, 6.45) is 1.50. The second kappa shape index (κ2) is 9.72. The first kappa shape index (κ1) is 20.4. The third-order valence-corrected chi connectivity index (χ3v) is 4.84. The van der Waals surface area contributed by atoms with E-state index in [1.807, 2.05) is 0 Å². The van der Waals surface area contributed by atoms with Crippen molar-refractivity contribution in [3.05, 3.63) is 118 Å². The quantitative estimate of drug-likeness (QED) is 0.299. The fourth-order valence-corrected chi connectivity index (χ4v) is 3.74. The van der Waals surface area contributed by atoms with Crippen LogP contribution in [-0.2, 0) is 9.59 Å². The maximum atomic E-state index is 8.35. The van der Waals surface area contributed by atoms with Gasteiger partial charge in [0.1, 0.15) is 0 Å². The van der Waals surface area contributed by atoms with Crippen LogP contribution in [-0.4, -0.2) is 12.2 Å². The van der Waals surface area contributed by atoms with E-state index in [0.717, 1.165) is 12.2 Å². The lowest BCUT2D eigenvalue weighted by molar-refractivity contribution is 0.562. The molecule has 0 radical (unpaired) electrons. The van der Waals surface area contributed by atoms with E-state index in [9.17, 15) is 0 Å². The molecule has 0 heterocycles. The van der Waals surface area contributed by atoms with Gasteiger partial charge in [-0.25, -0.2) is 20.4 Å². The molecule has 0 saturated carbocycles. The van der Waals surface area contributed by atoms with Crippen LogP contribution in [0.3, 0.4) is 0 Å². The van der Waals surface area contributed by atoms with Crippen LogP contribution >= 0.6 is 0 Å². The lowest BCUT2D eigenvalue weighted by Gasteiger charge is -2.16. The first-order valence-corrected chi connectivity index (χ1v) is 9.22. The van der Waals surface area contributed by atoms with Crippen molar-refractivity contribution >= 4 is 12.2 Å². The largest absolute Gasteiger partial charge is 0.231 e. The summed E-state index contributed by atoms with van der Waals surface area (Å²) < 4.78 is 0.